The van der Waals surface area contributed by atoms with E-state index in [0.717, 1.165) is 36.2 Å². The SMILES string of the molecule is CCCNc1ccnc(COC2CC(C)CC(C)C2)c1. The normalized spacial score (nSPS) is 26.4. The molecule has 20 heavy (non-hydrogen) atoms. The summed E-state index contributed by atoms with van der Waals surface area (Å²) >= 11 is 0. The van der Waals surface area contributed by atoms with Gasteiger partial charge in [-0.15, -0.1) is 0 Å². The molecule has 2 unspecified atom stereocenters. The maximum Gasteiger partial charge on any atom is 0.0892 e. The molecule has 0 spiro atoms. The minimum atomic E-state index is 0.405. The molecule has 1 saturated carbocycles. The predicted octanol–water partition coefficient (Wildman–Crippen LogP) is 4.24. The highest BCUT2D eigenvalue weighted by molar-refractivity contribution is 5.42. The number of hydrogen-bond acceptors (Lipinski definition) is 3. The minimum Gasteiger partial charge on any atom is -0.385 e. The largest absolute Gasteiger partial charge is 0.385 e. The highest BCUT2D eigenvalue weighted by Gasteiger charge is 2.24. The van der Waals surface area contributed by atoms with Gasteiger partial charge in [0, 0.05) is 18.4 Å². The first kappa shape index (κ1) is 15.3. The van der Waals surface area contributed by atoms with Gasteiger partial charge in [0.25, 0.3) is 0 Å². The van der Waals surface area contributed by atoms with E-state index in [9.17, 15) is 0 Å². The molecule has 1 aromatic rings. The summed E-state index contributed by atoms with van der Waals surface area (Å²) < 4.78 is 6.08. The molecule has 1 heterocycles. The third-order valence-electron chi connectivity index (χ3n) is 4.00. The standard InChI is InChI=1S/C17H28N2O/c1-4-6-18-15-5-7-19-16(11-15)12-20-17-9-13(2)8-14(3)10-17/h5,7,11,13-14,17H,4,6,8-10,12H2,1-3H3,(H,18,19). The van der Waals surface area contributed by atoms with Crippen molar-refractivity contribution in [2.24, 2.45) is 11.8 Å². The van der Waals surface area contributed by atoms with Crippen LogP contribution in [0.1, 0.15) is 52.1 Å². The first-order valence-electron chi connectivity index (χ1n) is 7.97. The molecule has 1 N–H and O–H groups in total. The van der Waals surface area contributed by atoms with Gasteiger partial charge in [0.05, 0.1) is 18.4 Å². The van der Waals surface area contributed by atoms with Crippen molar-refractivity contribution in [3.63, 3.8) is 0 Å². The summed E-state index contributed by atoms with van der Waals surface area (Å²) in [5.74, 6) is 1.57. The molecule has 0 aliphatic heterocycles. The average Bonchev–Trinajstić information content (AvgIpc) is 2.42. The van der Waals surface area contributed by atoms with E-state index in [0.29, 0.717) is 12.7 Å². The lowest BCUT2D eigenvalue weighted by molar-refractivity contribution is -0.0104. The lowest BCUT2D eigenvalue weighted by atomic mass is 9.82. The Bertz CT molecular complexity index is 398. The first-order valence-corrected chi connectivity index (χ1v) is 7.97. The minimum absolute atomic E-state index is 0.405. The molecule has 2 rings (SSSR count). The number of anilines is 1. The molecule has 1 aromatic heterocycles. The van der Waals surface area contributed by atoms with Crippen molar-refractivity contribution in [2.45, 2.75) is 59.2 Å². The van der Waals surface area contributed by atoms with Crippen molar-refractivity contribution in [1.29, 1.82) is 0 Å². The van der Waals surface area contributed by atoms with E-state index in [-0.39, 0.29) is 0 Å². The maximum atomic E-state index is 6.08. The van der Waals surface area contributed by atoms with Gasteiger partial charge in [-0.2, -0.15) is 0 Å². The van der Waals surface area contributed by atoms with Gasteiger partial charge in [-0.25, -0.2) is 0 Å². The second-order valence-electron chi connectivity index (χ2n) is 6.31. The van der Waals surface area contributed by atoms with Crippen LogP contribution in [-0.2, 0) is 11.3 Å². The van der Waals surface area contributed by atoms with Crippen molar-refractivity contribution in [2.75, 3.05) is 11.9 Å². The van der Waals surface area contributed by atoms with E-state index in [4.69, 9.17) is 4.74 Å². The molecule has 0 aromatic carbocycles. The summed E-state index contributed by atoms with van der Waals surface area (Å²) in [6, 6.07) is 4.12. The van der Waals surface area contributed by atoms with Gasteiger partial charge < -0.3 is 10.1 Å². The number of rotatable bonds is 6. The third-order valence-corrected chi connectivity index (χ3v) is 4.00. The Kier molecular flexibility index (Phi) is 5.84. The van der Waals surface area contributed by atoms with Gasteiger partial charge in [0.15, 0.2) is 0 Å². The predicted molar refractivity (Wildman–Crippen MR) is 83.8 cm³/mol. The number of nitrogens with one attached hydrogen (secondary N) is 1. The highest BCUT2D eigenvalue weighted by Crippen LogP contribution is 2.30. The zero-order valence-corrected chi connectivity index (χ0v) is 13.1. The Morgan fingerprint density at radius 1 is 1.25 bits per heavy atom. The molecule has 3 nitrogen and oxygen atoms in total. The smallest absolute Gasteiger partial charge is 0.0892 e. The summed E-state index contributed by atoms with van der Waals surface area (Å²) in [5.41, 5.74) is 2.17. The van der Waals surface area contributed by atoms with Gasteiger partial charge in [0.1, 0.15) is 0 Å². The van der Waals surface area contributed by atoms with Crippen LogP contribution >= 0.6 is 0 Å². The molecule has 0 bridgehead atoms. The maximum absolute atomic E-state index is 6.08. The van der Waals surface area contributed by atoms with Crippen molar-refractivity contribution in [3.8, 4) is 0 Å². The fraction of sp³-hybridized carbons (Fsp3) is 0.706. The molecule has 0 saturated heterocycles. The van der Waals surface area contributed by atoms with E-state index in [2.05, 4.69) is 37.1 Å². The molecule has 1 aliphatic carbocycles. The van der Waals surface area contributed by atoms with Gasteiger partial charge >= 0.3 is 0 Å². The highest BCUT2D eigenvalue weighted by atomic mass is 16.5. The molecule has 3 heteroatoms. The van der Waals surface area contributed by atoms with E-state index >= 15 is 0 Å². The first-order chi connectivity index (χ1) is 9.67. The fourth-order valence-corrected chi connectivity index (χ4v) is 3.15. The Morgan fingerprint density at radius 2 is 2.00 bits per heavy atom. The van der Waals surface area contributed by atoms with Crippen molar-refractivity contribution >= 4 is 5.69 Å². The number of aromatic nitrogens is 1. The van der Waals surface area contributed by atoms with Gasteiger partial charge in [-0.1, -0.05) is 20.8 Å². The summed E-state index contributed by atoms with van der Waals surface area (Å²) in [6.07, 6.45) is 7.13. The molecule has 1 aliphatic rings. The second-order valence-corrected chi connectivity index (χ2v) is 6.31. The summed E-state index contributed by atoms with van der Waals surface area (Å²) in [7, 11) is 0. The molecule has 1 fully saturated rings. The summed E-state index contributed by atoms with van der Waals surface area (Å²) in [6.45, 7) is 8.47. The average molecular weight is 276 g/mol. The van der Waals surface area contributed by atoms with Crippen LogP contribution in [0.3, 0.4) is 0 Å². The monoisotopic (exact) mass is 276 g/mol. The summed E-state index contributed by atoms with van der Waals surface area (Å²) in [5, 5.41) is 3.39. The van der Waals surface area contributed by atoms with Crippen LogP contribution in [0.2, 0.25) is 0 Å². The van der Waals surface area contributed by atoms with E-state index in [1.807, 2.05) is 12.3 Å². The number of nitrogens with zero attached hydrogens (tertiary/aromatic N) is 1. The van der Waals surface area contributed by atoms with Crippen molar-refractivity contribution in [3.05, 3.63) is 24.0 Å². The van der Waals surface area contributed by atoms with Gasteiger partial charge in [-0.3, -0.25) is 4.98 Å². The summed E-state index contributed by atoms with van der Waals surface area (Å²) in [4.78, 5) is 4.40. The molecule has 0 amide bonds. The van der Waals surface area contributed by atoms with Crippen LogP contribution in [-0.4, -0.2) is 17.6 Å². The van der Waals surface area contributed by atoms with Crippen LogP contribution in [0.5, 0.6) is 0 Å². The lowest BCUT2D eigenvalue weighted by Crippen LogP contribution is -2.26. The topological polar surface area (TPSA) is 34.2 Å². The Balaban J connectivity index is 1.84. The Hall–Kier alpha value is -1.09. The van der Waals surface area contributed by atoms with E-state index in [1.165, 1.54) is 19.3 Å². The lowest BCUT2D eigenvalue weighted by Gasteiger charge is -2.31. The van der Waals surface area contributed by atoms with Crippen LogP contribution in [0.25, 0.3) is 0 Å². The molecular formula is C17H28N2O. The van der Waals surface area contributed by atoms with Crippen molar-refractivity contribution in [1.82, 2.24) is 4.98 Å². The number of ether oxygens (including phenoxy) is 1. The molecule has 112 valence electrons. The Labute approximate surface area is 123 Å². The number of hydrogen-bond donors (Lipinski definition) is 1. The Morgan fingerprint density at radius 3 is 2.70 bits per heavy atom. The molecule has 2 atom stereocenters. The van der Waals surface area contributed by atoms with Gasteiger partial charge in [0.2, 0.25) is 0 Å². The zero-order chi connectivity index (χ0) is 14.4. The second kappa shape index (κ2) is 7.63. The molecular weight excluding hydrogens is 248 g/mol. The van der Waals surface area contributed by atoms with Crippen molar-refractivity contribution < 1.29 is 4.74 Å². The quantitative estimate of drug-likeness (QED) is 0.843. The zero-order valence-electron chi connectivity index (χ0n) is 13.1. The molecule has 0 radical (unpaired) electrons. The van der Waals surface area contributed by atoms with E-state index in [1.54, 1.807) is 0 Å². The third kappa shape index (κ3) is 4.78. The fourth-order valence-electron chi connectivity index (χ4n) is 3.15. The van der Waals surface area contributed by atoms with Gasteiger partial charge in [-0.05, 0) is 49.7 Å². The van der Waals surface area contributed by atoms with Crippen LogP contribution in [0, 0.1) is 11.8 Å². The van der Waals surface area contributed by atoms with Crippen LogP contribution in [0.15, 0.2) is 18.3 Å². The van der Waals surface area contributed by atoms with E-state index < -0.39 is 0 Å². The number of pyridine rings is 1. The van der Waals surface area contributed by atoms with Crippen LogP contribution in [0.4, 0.5) is 5.69 Å². The van der Waals surface area contributed by atoms with Crippen LogP contribution < -0.4 is 5.32 Å².